The number of hydrogen-bond acceptors (Lipinski definition) is 0. The van der Waals surface area contributed by atoms with Gasteiger partial charge in [0.1, 0.15) is 0 Å². The molecule has 0 spiro atoms. The van der Waals surface area contributed by atoms with E-state index in [0.717, 1.165) is 6.07 Å². The zero-order chi connectivity index (χ0) is 12.6. The third-order valence-electron chi connectivity index (χ3n) is 2.29. The molecule has 0 radical (unpaired) electrons. The standard InChI is InChI=1S/C11H13F4P/c1-3-7-4-8(10(2,12)13)6-9(5-7)11(14,15)16/h4-6H,3,16H2,1-2H3. The van der Waals surface area contributed by atoms with E-state index in [9.17, 15) is 17.6 Å². The molecule has 0 fully saturated rings. The fraction of sp³-hybridized carbons (Fsp3) is 0.455. The van der Waals surface area contributed by atoms with E-state index in [4.69, 9.17) is 0 Å². The van der Waals surface area contributed by atoms with E-state index >= 15 is 0 Å². The van der Waals surface area contributed by atoms with E-state index in [1.807, 2.05) is 0 Å². The third kappa shape index (κ3) is 3.18. The van der Waals surface area contributed by atoms with Crippen molar-refractivity contribution >= 4 is 9.24 Å². The summed E-state index contributed by atoms with van der Waals surface area (Å²) in [5.41, 5.74) is -3.46. The minimum absolute atomic E-state index is 0.371. The maximum Gasteiger partial charge on any atom is 0.283 e. The Balaban J connectivity index is 3.33. The third-order valence-corrected chi connectivity index (χ3v) is 2.63. The molecule has 0 saturated heterocycles. The van der Waals surface area contributed by atoms with Crippen LogP contribution in [0.3, 0.4) is 0 Å². The van der Waals surface area contributed by atoms with Crippen LogP contribution in [0, 0.1) is 0 Å². The minimum Gasteiger partial charge on any atom is -0.202 e. The van der Waals surface area contributed by atoms with Crippen LogP contribution in [0.25, 0.3) is 0 Å². The topological polar surface area (TPSA) is 0 Å². The molecule has 1 aromatic carbocycles. The Morgan fingerprint density at radius 2 is 1.56 bits per heavy atom. The van der Waals surface area contributed by atoms with Gasteiger partial charge in [-0.3, -0.25) is 0 Å². The van der Waals surface area contributed by atoms with Gasteiger partial charge in [-0.15, -0.1) is 0 Å². The number of alkyl halides is 4. The Bertz CT molecular complexity index is 344. The van der Waals surface area contributed by atoms with E-state index < -0.39 is 17.1 Å². The lowest BCUT2D eigenvalue weighted by atomic mass is 10.0. The van der Waals surface area contributed by atoms with E-state index in [-0.39, 0.29) is 5.56 Å². The summed E-state index contributed by atoms with van der Waals surface area (Å²) in [6, 6.07) is 3.37. The fourth-order valence-electron chi connectivity index (χ4n) is 1.34. The summed E-state index contributed by atoms with van der Waals surface area (Å²) in [5, 5.41) is 0. The molecule has 16 heavy (non-hydrogen) atoms. The van der Waals surface area contributed by atoms with E-state index in [2.05, 4.69) is 0 Å². The molecule has 0 saturated carbocycles. The van der Waals surface area contributed by atoms with Crippen LogP contribution in [-0.2, 0) is 18.0 Å². The van der Waals surface area contributed by atoms with Crippen LogP contribution in [-0.4, -0.2) is 0 Å². The highest BCUT2D eigenvalue weighted by molar-refractivity contribution is 7.17. The van der Waals surface area contributed by atoms with E-state index in [1.165, 1.54) is 21.4 Å². The second kappa shape index (κ2) is 4.33. The summed E-state index contributed by atoms with van der Waals surface area (Å²) >= 11 is 0. The molecule has 0 amide bonds. The normalized spacial score (nSPS) is 12.9. The van der Waals surface area contributed by atoms with Crippen molar-refractivity contribution in [1.82, 2.24) is 0 Å². The molecule has 0 nitrogen and oxygen atoms in total. The van der Waals surface area contributed by atoms with Crippen molar-refractivity contribution in [2.75, 3.05) is 0 Å². The van der Waals surface area contributed by atoms with Gasteiger partial charge in [0.2, 0.25) is 0 Å². The zero-order valence-corrected chi connectivity index (χ0v) is 10.2. The molecular formula is C11H13F4P. The molecule has 0 aromatic heterocycles. The van der Waals surface area contributed by atoms with Crippen molar-refractivity contribution in [2.24, 2.45) is 0 Å². The Morgan fingerprint density at radius 3 is 1.94 bits per heavy atom. The molecule has 0 bridgehead atoms. The smallest absolute Gasteiger partial charge is 0.202 e. The van der Waals surface area contributed by atoms with Crippen molar-refractivity contribution in [3.8, 4) is 0 Å². The van der Waals surface area contributed by atoms with Crippen molar-refractivity contribution in [1.29, 1.82) is 0 Å². The molecule has 0 aliphatic heterocycles. The largest absolute Gasteiger partial charge is 0.283 e. The SMILES string of the molecule is CCc1cc(C(C)(F)F)cc(C(F)(F)P)c1. The number of aryl methyl sites for hydroxylation is 1. The maximum absolute atomic E-state index is 13.1. The monoisotopic (exact) mass is 252 g/mol. The van der Waals surface area contributed by atoms with Crippen LogP contribution in [0.1, 0.15) is 30.5 Å². The maximum atomic E-state index is 13.1. The van der Waals surface area contributed by atoms with Gasteiger partial charge in [0.15, 0.2) is 0 Å². The summed E-state index contributed by atoms with van der Waals surface area (Å²) in [6.45, 7) is 2.43. The molecule has 1 aromatic rings. The lowest BCUT2D eigenvalue weighted by molar-refractivity contribution is 0.0168. The Hall–Kier alpha value is -0.630. The molecule has 1 atom stereocenters. The summed E-state index contributed by atoms with van der Waals surface area (Å²) in [7, 11) is 1.36. The van der Waals surface area contributed by atoms with Crippen molar-refractivity contribution in [2.45, 2.75) is 31.9 Å². The Labute approximate surface area is 94.2 Å². The molecule has 5 heteroatoms. The first kappa shape index (κ1) is 13.4. The summed E-state index contributed by atoms with van der Waals surface area (Å²) in [4.78, 5) is 0. The second-order valence-corrected chi connectivity index (χ2v) is 4.51. The van der Waals surface area contributed by atoms with Gasteiger partial charge in [0.05, 0.1) is 0 Å². The van der Waals surface area contributed by atoms with E-state index in [0.29, 0.717) is 18.9 Å². The van der Waals surface area contributed by atoms with Crippen LogP contribution >= 0.6 is 9.24 Å². The lowest BCUT2D eigenvalue weighted by Gasteiger charge is -2.17. The van der Waals surface area contributed by atoms with Gasteiger partial charge in [-0.2, -0.15) is 8.78 Å². The van der Waals surface area contributed by atoms with Gasteiger partial charge in [0.25, 0.3) is 11.6 Å². The minimum atomic E-state index is -3.18. The average Bonchev–Trinajstić information content (AvgIpc) is 2.14. The first-order chi connectivity index (χ1) is 7.14. The van der Waals surface area contributed by atoms with Gasteiger partial charge < -0.3 is 0 Å². The van der Waals surface area contributed by atoms with Gasteiger partial charge in [-0.25, -0.2) is 8.78 Å². The van der Waals surface area contributed by atoms with Crippen LogP contribution in [0.2, 0.25) is 0 Å². The van der Waals surface area contributed by atoms with Gasteiger partial charge >= 0.3 is 0 Å². The van der Waals surface area contributed by atoms with E-state index in [1.54, 1.807) is 6.92 Å². The highest BCUT2D eigenvalue weighted by Crippen LogP contribution is 2.38. The second-order valence-electron chi connectivity index (χ2n) is 3.78. The fourth-order valence-corrected chi connectivity index (χ4v) is 1.51. The first-order valence-corrected chi connectivity index (χ1v) is 5.41. The summed E-state index contributed by atoms with van der Waals surface area (Å²) in [5.74, 6) is -3.10. The molecular weight excluding hydrogens is 239 g/mol. The molecule has 1 unspecified atom stereocenters. The molecule has 1 rings (SSSR count). The molecule has 0 N–H and O–H groups in total. The number of rotatable bonds is 3. The van der Waals surface area contributed by atoms with Crippen molar-refractivity contribution in [3.63, 3.8) is 0 Å². The predicted molar refractivity (Wildman–Crippen MR) is 59.0 cm³/mol. The Morgan fingerprint density at radius 1 is 1.06 bits per heavy atom. The van der Waals surface area contributed by atoms with Gasteiger partial charge in [-0.1, -0.05) is 16.2 Å². The van der Waals surface area contributed by atoms with Gasteiger partial charge in [-0.05, 0) is 30.2 Å². The summed E-state index contributed by atoms with van der Waals surface area (Å²) < 4.78 is 52.3. The highest BCUT2D eigenvalue weighted by atomic mass is 31.0. The predicted octanol–water partition coefficient (Wildman–Crippen LogP) is 4.29. The quantitative estimate of drug-likeness (QED) is 0.556. The highest BCUT2D eigenvalue weighted by Gasteiger charge is 2.30. The van der Waals surface area contributed by atoms with Gasteiger partial charge in [0, 0.05) is 18.1 Å². The zero-order valence-electron chi connectivity index (χ0n) is 9.03. The van der Waals surface area contributed by atoms with Crippen LogP contribution in [0.15, 0.2) is 18.2 Å². The lowest BCUT2D eigenvalue weighted by Crippen LogP contribution is -2.11. The number of hydrogen-bond donors (Lipinski definition) is 0. The number of halogens is 4. The molecule has 0 aliphatic rings. The van der Waals surface area contributed by atoms with Crippen LogP contribution in [0.5, 0.6) is 0 Å². The number of benzene rings is 1. The molecule has 90 valence electrons. The van der Waals surface area contributed by atoms with Crippen molar-refractivity contribution in [3.05, 3.63) is 34.9 Å². The Kier molecular flexibility index (Phi) is 3.63. The molecule has 0 aliphatic carbocycles. The van der Waals surface area contributed by atoms with Crippen LogP contribution in [0.4, 0.5) is 17.6 Å². The first-order valence-electron chi connectivity index (χ1n) is 4.84. The average molecular weight is 252 g/mol. The molecule has 0 heterocycles. The van der Waals surface area contributed by atoms with Crippen LogP contribution < -0.4 is 0 Å². The summed E-state index contributed by atoms with van der Waals surface area (Å²) in [6.07, 6.45) is 0.442. The van der Waals surface area contributed by atoms with Crippen molar-refractivity contribution < 1.29 is 17.6 Å².